The molecule has 0 bridgehead atoms. The van der Waals surface area contributed by atoms with Gasteiger partial charge in [0.25, 0.3) is 0 Å². The van der Waals surface area contributed by atoms with Crippen molar-refractivity contribution in [3.8, 4) is 0 Å². The lowest BCUT2D eigenvalue weighted by molar-refractivity contribution is 0.120. The largest absolute Gasteiger partial charge is 0.380 e. The van der Waals surface area contributed by atoms with Crippen molar-refractivity contribution in [1.82, 2.24) is 4.90 Å². The van der Waals surface area contributed by atoms with Gasteiger partial charge in [-0.2, -0.15) is 0 Å². The Morgan fingerprint density at radius 1 is 1.54 bits per heavy atom. The van der Waals surface area contributed by atoms with E-state index >= 15 is 0 Å². The molecule has 1 fully saturated rings. The zero-order valence-corrected chi connectivity index (χ0v) is 8.67. The van der Waals surface area contributed by atoms with Crippen LogP contribution in [0.4, 0.5) is 0 Å². The van der Waals surface area contributed by atoms with E-state index in [1.54, 1.807) is 0 Å². The molecule has 13 heavy (non-hydrogen) atoms. The minimum absolute atomic E-state index is 0.833. The van der Waals surface area contributed by atoms with E-state index in [4.69, 9.17) is 10.5 Å². The third-order valence-corrected chi connectivity index (χ3v) is 2.70. The lowest BCUT2D eigenvalue weighted by Gasteiger charge is -2.15. The Balaban J connectivity index is 2.03. The van der Waals surface area contributed by atoms with Gasteiger partial charge in [0.15, 0.2) is 0 Å². The number of hydrogen-bond donors (Lipinski definition) is 1. The molecule has 0 aromatic carbocycles. The predicted octanol–water partition coefficient (Wildman–Crippen LogP) is 0.694. The highest BCUT2D eigenvalue weighted by molar-refractivity contribution is 4.75. The molecule has 0 radical (unpaired) electrons. The van der Waals surface area contributed by atoms with Gasteiger partial charge in [-0.25, -0.2) is 0 Å². The normalized spacial score (nSPS) is 24.0. The summed E-state index contributed by atoms with van der Waals surface area (Å²) in [5, 5.41) is 0. The lowest BCUT2D eigenvalue weighted by atomic mass is 10.1. The van der Waals surface area contributed by atoms with Crippen LogP contribution in [0.3, 0.4) is 0 Å². The van der Waals surface area contributed by atoms with Crippen molar-refractivity contribution in [1.29, 1.82) is 0 Å². The summed E-state index contributed by atoms with van der Waals surface area (Å²) in [5.41, 5.74) is 5.53. The summed E-state index contributed by atoms with van der Waals surface area (Å²) in [6.45, 7) is 8.15. The van der Waals surface area contributed by atoms with Gasteiger partial charge in [-0.15, -0.1) is 0 Å². The minimum Gasteiger partial charge on any atom is -0.380 e. The molecular formula is C10H22N2O. The molecule has 78 valence electrons. The summed E-state index contributed by atoms with van der Waals surface area (Å²) in [5.74, 6) is 0.839. The molecule has 1 rings (SSSR count). The van der Waals surface area contributed by atoms with E-state index in [1.165, 1.54) is 25.9 Å². The van der Waals surface area contributed by atoms with Crippen LogP contribution in [-0.4, -0.2) is 44.3 Å². The standard InChI is InChI=1S/C10H22N2O/c1-2-13-8-7-12-6-4-10(9-12)3-5-11/h10H,2-9,11H2,1H3. The Morgan fingerprint density at radius 3 is 3.08 bits per heavy atom. The number of rotatable bonds is 6. The van der Waals surface area contributed by atoms with Crippen LogP contribution in [0.2, 0.25) is 0 Å². The van der Waals surface area contributed by atoms with Crippen LogP contribution in [0, 0.1) is 5.92 Å². The summed E-state index contributed by atoms with van der Waals surface area (Å²) in [7, 11) is 0. The van der Waals surface area contributed by atoms with E-state index in [2.05, 4.69) is 4.90 Å². The molecule has 1 saturated heterocycles. The Kier molecular flexibility index (Phi) is 5.35. The predicted molar refractivity (Wildman–Crippen MR) is 54.7 cm³/mol. The highest BCUT2D eigenvalue weighted by atomic mass is 16.5. The van der Waals surface area contributed by atoms with Crippen molar-refractivity contribution in [2.75, 3.05) is 39.4 Å². The van der Waals surface area contributed by atoms with Crippen molar-refractivity contribution in [2.45, 2.75) is 19.8 Å². The molecule has 1 aliphatic heterocycles. The van der Waals surface area contributed by atoms with Crippen LogP contribution in [0.1, 0.15) is 19.8 Å². The van der Waals surface area contributed by atoms with Gasteiger partial charge in [0, 0.05) is 19.7 Å². The number of nitrogens with two attached hydrogens (primary N) is 1. The van der Waals surface area contributed by atoms with Crippen LogP contribution in [0.25, 0.3) is 0 Å². The van der Waals surface area contributed by atoms with Crippen molar-refractivity contribution in [3.05, 3.63) is 0 Å². The lowest BCUT2D eigenvalue weighted by Crippen LogP contribution is -2.25. The first-order valence-electron chi connectivity index (χ1n) is 5.37. The molecule has 3 nitrogen and oxygen atoms in total. The molecular weight excluding hydrogens is 164 g/mol. The third-order valence-electron chi connectivity index (χ3n) is 2.70. The SMILES string of the molecule is CCOCCN1CCC(CCN)C1. The molecule has 0 aromatic rings. The van der Waals surface area contributed by atoms with E-state index in [0.29, 0.717) is 0 Å². The zero-order chi connectivity index (χ0) is 9.52. The van der Waals surface area contributed by atoms with Gasteiger partial charge in [-0.1, -0.05) is 0 Å². The zero-order valence-electron chi connectivity index (χ0n) is 8.67. The van der Waals surface area contributed by atoms with Crippen molar-refractivity contribution < 1.29 is 4.74 Å². The summed E-state index contributed by atoms with van der Waals surface area (Å²) in [6, 6.07) is 0. The fourth-order valence-electron chi connectivity index (χ4n) is 1.93. The second-order valence-electron chi connectivity index (χ2n) is 3.73. The Hall–Kier alpha value is -0.120. The maximum atomic E-state index is 5.53. The van der Waals surface area contributed by atoms with Crippen LogP contribution >= 0.6 is 0 Å². The van der Waals surface area contributed by atoms with Gasteiger partial charge in [-0.05, 0) is 38.8 Å². The highest BCUT2D eigenvalue weighted by Crippen LogP contribution is 2.18. The van der Waals surface area contributed by atoms with Gasteiger partial charge >= 0.3 is 0 Å². The molecule has 0 amide bonds. The summed E-state index contributed by atoms with van der Waals surface area (Å²) >= 11 is 0. The third kappa shape index (κ3) is 4.07. The van der Waals surface area contributed by atoms with Crippen molar-refractivity contribution in [2.24, 2.45) is 11.7 Å². The van der Waals surface area contributed by atoms with E-state index < -0.39 is 0 Å². The van der Waals surface area contributed by atoms with Gasteiger partial charge in [0.05, 0.1) is 6.61 Å². The summed E-state index contributed by atoms with van der Waals surface area (Å²) in [6.07, 6.45) is 2.51. The molecule has 1 heterocycles. The average molecular weight is 186 g/mol. The fraction of sp³-hybridized carbons (Fsp3) is 1.00. The Morgan fingerprint density at radius 2 is 2.38 bits per heavy atom. The minimum atomic E-state index is 0.833. The van der Waals surface area contributed by atoms with Crippen LogP contribution in [-0.2, 0) is 4.74 Å². The van der Waals surface area contributed by atoms with Crippen molar-refractivity contribution >= 4 is 0 Å². The number of nitrogens with zero attached hydrogens (tertiary/aromatic N) is 1. The maximum Gasteiger partial charge on any atom is 0.0593 e. The van der Waals surface area contributed by atoms with E-state index in [0.717, 1.165) is 32.2 Å². The monoisotopic (exact) mass is 186 g/mol. The molecule has 0 aliphatic carbocycles. The number of likely N-dealkylation sites (tertiary alicyclic amines) is 1. The summed E-state index contributed by atoms with van der Waals surface area (Å²) < 4.78 is 5.32. The van der Waals surface area contributed by atoms with E-state index in [-0.39, 0.29) is 0 Å². The first-order chi connectivity index (χ1) is 6.36. The molecule has 0 saturated carbocycles. The van der Waals surface area contributed by atoms with Gasteiger partial charge in [-0.3, -0.25) is 0 Å². The number of hydrogen-bond acceptors (Lipinski definition) is 3. The molecule has 2 N–H and O–H groups in total. The average Bonchev–Trinajstić information content (AvgIpc) is 2.54. The molecule has 0 aromatic heterocycles. The molecule has 1 aliphatic rings. The van der Waals surface area contributed by atoms with Gasteiger partial charge in [0.1, 0.15) is 0 Å². The van der Waals surface area contributed by atoms with E-state index in [9.17, 15) is 0 Å². The molecule has 1 unspecified atom stereocenters. The quantitative estimate of drug-likeness (QED) is 0.620. The van der Waals surface area contributed by atoms with E-state index in [1.807, 2.05) is 6.92 Å². The first kappa shape index (κ1) is 11.0. The highest BCUT2D eigenvalue weighted by Gasteiger charge is 2.20. The second-order valence-corrected chi connectivity index (χ2v) is 3.73. The maximum absolute atomic E-state index is 5.53. The fourth-order valence-corrected chi connectivity index (χ4v) is 1.93. The Bertz CT molecular complexity index is 130. The molecule has 0 spiro atoms. The van der Waals surface area contributed by atoms with Gasteiger partial charge < -0.3 is 15.4 Å². The summed E-state index contributed by atoms with van der Waals surface area (Å²) in [4.78, 5) is 2.48. The van der Waals surface area contributed by atoms with Crippen LogP contribution in [0.15, 0.2) is 0 Å². The topological polar surface area (TPSA) is 38.5 Å². The van der Waals surface area contributed by atoms with Crippen LogP contribution in [0.5, 0.6) is 0 Å². The number of ether oxygens (including phenoxy) is 1. The van der Waals surface area contributed by atoms with Crippen LogP contribution < -0.4 is 5.73 Å². The Labute approximate surface area is 81.2 Å². The second kappa shape index (κ2) is 6.35. The first-order valence-corrected chi connectivity index (χ1v) is 5.37. The van der Waals surface area contributed by atoms with Crippen molar-refractivity contribution in [3.63, 3.8) is 0 Å². The molecule has 1 atom stereocenters. The van der Waals surface area contributed by atoms with Gasteiger partial charge in [0.2, 0.25) is 0 Å². The smallest absolute Gasteiger partial charge is 0.0593 e. The molecule has 3 heteroatoms.